The summed E-state index contributed by atoms with van der Waals surface area (Å²) in [5, 5.41) is 12.4. The summed E-state index contributed by atoms with van der Waals surface area (Å²) in [6.45, 7) is 5.62. The van der Waals surface area contributed by atoms with E-state index in [9.17, 15) is 0 Å². The molecule has 96 valence electrons. The van der Waals surface area contributed by atoms with Gasteiger partial charge in [-0.2, -0.15) is 0 Å². The van der Waals surface area contributed by atoms with Crippen molar-refractivity contribution in [2.24, 2.45) is 0 Å². The average Bonchev–Trinajstić information content (AvgIpc) is 2.34. The van der Waals surface area contributed by atoms with Crippen molar-refractivity contribution in [2.45, 2.75) is 32.9 Å². The lowest BCUT2D eigenvalue weighted by molar-refractivity contribution is 0.238. The molecular formula is C13H20BrNO2. The third-order valence-electron chi connectivity index (χ3n) is 2.60. The first-order valence-electron chi connectivity index (χ1n) is 5.96. The summed E-state index contributed by atoms with van der Waals surface area (Å²) in [4.78, 5) is 0. The van der Waals surface area contributed by atoms with Gasteiger partial charge >= 0.3 is 0 Å². The second-order valence-electron chi connectivity index (χ2n) is 3.87. The van der Waals surface area contributed by atoms with E-state index in [0.29, 0.717) is 6.61 Å². The maximum atomic E-state index is 9.08. The molecule has 1 aromatic rings. The van der Waals surface area contributed by atoms with Crippen LogP contribution in [0.3, 0.4) is 0 Å². The molecule has 4 heteroatoms. The number of halogens is 1. The molecule has 0 amide bonds. The van der Waals surface area contributed by atoms with Crippen LogP contribution in [0.4, 0.5) is 0 Å². The zero-order valence-electron chi connectivity index (χ0n) is 10.4. The van der Waals surface area contributed by atoms with E-state index in [1.807, 2.05) is 25.1 Å². The maximum Gasteiger partial charge on any atom is 0.133 e. The molecule has 0 aliphatic heterocycles. The highest BCUT2D eigenvalue weighted by Crippen LogP contribution is 2.25. The molecule has 0 bridgehead atoms. The minimum atomic E-state index is 0.167. The molecule has 0 spiro atoms. The third kappa shape index (κ3) is 4.66. The molecule has 1 aromatic carbocycles. The summed E-state index contributed by atoms with van der Waals surface area (Å²) in [6.07, 6.45) is 0.925. The van der Waals surface area contributed by atoms with Crippen LogP contribution in [-0.4, -0.2) is 24.4 Å². The first kappa shape index (κ1) is 14.5. The molecule has 1 atom stereocenters. The van der Waals surface area contributed by atoms with E-state index in [4.69, 9.17) is 9.84 Å². The summed E-state index contributed by atoms with van der Waals surface area (Å²) in [7, 11) is 0. The minimum absolute atomic E-state index is 0.167. The maximum absolute atomic E-state index is 9.08. The predicted molar refractivity (Wildman–Crippen MR) is 73.3 cm³/mol. The molecule has 0 unspecified atom stereocenters. The molecule has 0 aliphatic carbocycles. The molecule has 2 N–H and O–H groups in total. The molecule has 0 heterocycles. The van der Waals surface area contributed by atoms with Crippen LogP contribution in [0.5, 0.6) is 5.75 Å². The first-order chi connectivity index (χ1) is 8.21. The van der Waals surface area contributed by atoms with Crippen LogP contribution in [0, 0.1) is 0 Å². The van der Waals surface area contributed by atoms with Gasteiger partial charge in [0, 0.05) is 12.6 Å². The molecule has 0 aliphatic rings. The van der Waals surface area contributed by atoms with E-state index in [-0.39, 0.29) is 12.6 Å². The Labute approximate surface area is 111 Å². The van der Waals surface area contributed by atoms with Gasteiger partial charge in [-0.15, -0.1) is 0 Å². The topological polar surface area (TPSA) is 41.5 Å². The van der Waals surface area contributed by atoms with Gasteiger partial charge in [-0.05, 0) is 47.0 Å². The van der Waals surface area contributed by atoms with Crippen molar-refractivity contribution in [3.8, 4) is 5.75 Å². The number of ether oxygens (including phenoxy) is 1. The molecule has 3 nitrogen and oxygen atoms in total. The van der Waals surface area contributed by atoms with Gasteiger partial charge in [0.2, 0.25) is 0 Å². The Kier molecular flexibility index (Phi) is 6.55. The summed E-state index contributed by atoms with van der Waals surface area (Å²) in [6, 6.07) is 6.21. The average molecular weight is 302 g/mol. The Morgan fingerprint density at radius 3 is 2.71 bits per heavy atom. The lowest BCUT2D eigenvalue weighted by atomic mass is 10.2. The number of hydrogen-bond acceptors (Lipinski definition) is 3. The van der Waals surface area contributed by atoms with Gasteiger partial charge < -0.3 is 15.2 Å². The van der Waals surface area contributed by atoms with Crippen LogP contribution in [-0.2, 0) is 6.54 Å². The van der Waals surface area contributed by atoms with Crippen molar-refractivity contribution in [1.82, 2.24) is 5.32 Å². The van der Waals surface area contributed by atoms with Crippen LogP contribution in [0.15, 0.2) is 22.7 Å². The quantitative estimate of drug-likeness (QED) is 0.814. The normalized spacial score (nSPS) is 12.5. The van der Waals surface area contributed by atoms with Gasteiger partial charge in [-0.3, -0.25) is 0 Å². The lowest BCUT2D eigenvalue weighted by Crippen LogP contribution is -2.31. The number of nitrogens with one attached hydrogen (secondary N) is 1. The van der Waals surface area contributed by atoms with E-state index in [2.05, 4.69) is 28.2 Å². The smallest absolute Gasteiger partial charge is 0.133 e. The second kappa shape index (κ2) is 7.69. The fraction of sp³-hybridized carbons (Fsp3) is 0.538. The van der Waals surface area contributed by atoms with Crippen molar-refractivity contribution in [2.75, 3.05) is 13.2 Å². The molecule has 17 heavy (non-hydrogen) atoms. The monoisotopic (exact) mass is 301 g/mol. The highest BCUT2D eigenvalue weighted by molar-refractivity contribution is 9.10. The van der Waals surface area contributed by atoms with Crippen molar-refractivity contribution < 1.29 is 9.84 Å². The van der Waals surface area contributed by atoms with E-state index in [0.717, 1.165) is 23.2 Å². The summed E-state index contributed by atoms with van der Waals surface area (Å²) >= 11 is 3.49. The van der Waals surface area contributed by atoms with Crippen LogP contribution in [0.2, 0.25) is 0 Å². The Balaban J connectivity index is 2.58. The molecule has 0 radical (unpaired) electrons. The van der Waals surface area contributed by atoms with Gasteiger partial charge in [-0.1, -0.05) is 13.0 Å². The van der Waals surface area contributed by atoms with Crippen LogP contribution >= 0.6 is 15.9 Å². The molecule has 0 saturated carbocycles. The largest absolute Gasteiger partial charge is 0.493 e. The zero-order chi connectivity index (χ0) is 12.7. The zero-order valence-corrected chi connectivity index (χ0v) is 12.0. The number of rotatable bonds is 7. The fourth-order valence-corrected chi connectivity index (χ4v) is 2.07. The van der Waals surface area contributed by atoms with Gasteiger partial charge in [0.05, 0.1) is 17.7 Å². The molecular weight excluding hydrogens is 282 g/mol. The van der Waals surface area contributed by atoms with Gasteiger partial charge in [0.25, 0.3) is 0 Å². The number of aliphatic hydroxyl groups excluding tert-OH is 1. The van der Waals surface area contributed by atoms with Crippen LogP contribution in [0.25, 0.3) is 0 Å². The summed E-state index contributed by atoms with van der Waals surface area (Å²) in [5.74, 6) is 0.866. The van der Waals surface area contributed by atoms with Crippen LogP contribution in [0.1, 0.15) is 25.8 Å². The number of aliphatic hydroxyl groups is 1. The SMILES string of the molecule is CCOc1ccc(CN[C@@H](CC)CO)cc1Br. The van der Waals surface area contributed by atoms with Gasteiger partial charge in [0.1, 0.15) is 5.75 Å². The first-order valence-corrected chi connectivity index (χ1v) is 6.76. The van der Waals surface area contributed by atoms with Crippen molar-refractivity contribution >= 4 is 15.9 Å². The molecule has 1 rings (SSSR count). The van der Waals surface area contributed by atoms with Crippen molar-refractivity contribution in [3.63, 3.8) is 0 Å². The highest BCUT2D eigenvalue weighted by atomic mass is 79.9. The molecule has 0 fully saturated rings. The van der Waals surface area contributed by atoms with Crippen molar-refractivity contribution in [3.05, 3.63) is 28.2 Å². The van der Waals surface area contributed by atoms with E-state index >= 15 is 0 Å². The second-order valence-corrected chi connectivity index (χ2v) is 4.72. The Hall–Kier alpha value is -0.580. The number of hydrogen-bond donors (Lipinski definition) is 2. The van der Waals surface area contributed by atoms with E-state index in [1.54, 1.807) is 0 Å². The Morgan fingerprint density at radius 1 is 1.41 bits per heavy atom. The molecule has 0 saturated heterocycles. The Morgan fingerprint density at radius 2 is 2.18 bits per heavy atom. The van der Waals surface area contributed by atoms with Gasteiger partial charge in [-0.25, -0.2) is 0 Å². The minimum Gasteiger partial charge on any atom is -0.493 e. The summed E-state index contributed by atoms with van der Waals surface area (Å²) in [5.41, 5.74) is 1.17. The lowest BCUT2D eigenvalue weighted by Gasteiger charge is -2.14. The summed E-state index contributed by atoms with van der Waals surface area (Å²) < 4.78 is 6.42. The predicted octanol–water partition coefficient (Wildman–Crippen LogP) is 2.71. The van der Waals surface area contributed by atoms with Gasteiger partial charge in [0.15, 0.2) is 0 Å². The Bertz CT molecular complexity index is 340. The van der Waals surface area contributed by atoms with E-state index in [1.165, 1.54) is 5.56 Å². The molecule has 0 aromatic heterocycles. The fourth-order valence-electron chi connectivity index (χ4n) is 1.53. The standard InChI is InChI=1S/C13H20BrNO2/c1-3-11(9-16)15-8-10-5-6-13(17-4-2)12(14)7-10/h5-7,11,15-16H,3-4,8-9H2,1-2H3/t11-/m0/s1. The number of benzene rings is 1. The third-order valence-corrected chi connectivity index (χ3v) is 3.22. The van der Waals surface area contributed by atoms with Crippen LogP contribution < -0.4 is 10.1 Å². The highest BCUT2D eigenvalue weighted by Gasteiger charge is 2.05. The van der Waals surface area contributed by atoms with Crippen molar-refractivity contribution in [1.29, 1.82) is 0 Å². The van der Waals surface area contributed by atoms with E-state index < -0.39 is 0 Å².